The molecule has 2 aromatic heterocycles. The summed E-state index contributed by atoms with van der Waals surface area (Å²) < 4.78 is 5.12. The van der Waals surface area contributed by atoms with Gasteiger partial charge in [0.15, 0.2) is 0 Å². The number of ether oxygens (including phenoxy) is 1. The van der Waals surface area contributed by atoms with Gasteiger partial charge in [-0.2, -0.15) is 0 Å². The lowest BCUT2D eigenvalue weighted by molar-refractivity contribution is 0.0357. The van der Waals surface area contributed by atoms with Crippen molar-refractivity contribution in [3.63, 3.8) is 0 Å². The largest absolute Gasteiger partial charge is 0.481 e. The van der Waals surface area contributed by atoms with E-state index in [1.54, 1.807) is 13.3 Å². The van der Waals surface area contributed by atoms with Gasteiger partial charge in [-0.05, 0) is 45.1 Å². The average Bonchev–Trinajstić information content (AvgIpc) is 2.96. The van der Waals surface area contributed by atoms with Gasteiger partial charge in [0, 0.05) is 24.5 Å². The first-order valence-corrected chi connectivity index (χ1v) is 8.40. The molecule has 1 fully saturated rings. The van der Waals surface area contributed by atoms with Gasteiger partial charge in [-0.25, -0.2) is 4.98 Å². The summed E-state index contributed by atoms with van der Waals surface area (Å²) in [5.41, 5.74) is 0.775. The quantitative estimate of drug-likeness (QED) is 0.902. The fraction of sp³-hybridized carbons (Fsp3) is 0.556. The molecule has 130 valence electrons. The normalized spacial score (nSPS) is 16.6. The van der Waals surface area contributed by atoms with E-state index in [4.69, 9.17) is 4.74 Å². The Morgan fingerprint density at radius 3 is 2.75 bits per heavy atom. The maximum atomic E-state index is 12.7. The predicted molar refractivity (Wildman–Crippen MR) is 92.2 cm³/mol. The Balaban J connectivity index is 1.67. The summed E-state index contributed by atoms with van der Waals surface area (Å²) in [5, 5.41) is 10.9. The summed E-state index contributed by atoms with van der Waals surface area (Å²) in [6, 6.07) is 3.67. The van der Waals surface area contributed by atoms with Crippen LogP contribution in [0.1, 0.15) is 43.6 Å². The molecule has 1 aliphatic heterocycles. The van der Waals surface area contributed by atoms with Crippen molar-refractivity contribution in [3.05, 3.63) is 24.0 Å². The second-order valence-corrected chi connectivity index (χ2v) is 7.25. The third-order valence-corrected chi connectivity index (χ3v) is 4.61. The van der Waals surface area contributed by atoms with Crippen LogP contribution in [0.2, 0.25) is 0 Å². The van der Waals surface area contributed by atoms with E-state index in [1.165, 1.54) is 0 Å². The van der Waals surface area contributed by atoms with E-state index in [0.717, 1.165) is 43.3 Å². The minimum atomic E-state index is -0.639. The van der Waals surface area contributed by atoms with Gasteiger partial charge in [-0.3, -0.25) is 4.79 Å². The molecule has 0 aromatic carbocycles. The van der Waals surface area contributed by atoms with Gasteiger partial charge >= 0.3 is 0 Å². The number of rotatable bonds is 4. The number of aromatic amines is 1. The zero-order valence-corrected chi connectivity index (χ0v) is 14.5. The van der Waals surface area contributed by atoms with Crippen LogP contribution in [0.3, 0.4) is 0 Å². The van der Waals surface area contributed by atoms with E-state index in [-0.39, 0.29) is 5.91 Å². The minimum Gasteiger partial charge on any atom is -0.481 e. The summed E-state index contributed by atoms with van der Waals surface area (Å²) in [4.78, 5) is 21.9. The molecule has 1 amide bonds. The smallest absolute Gasteiger partial charge is 0.270 e. The number of aromatic nitrogens is 2. The summed E-state index contributed by atoms with van der Waals surface area (Å²) >= 11 is 0. The summed E-state index contributed by atoms with van der Waals surface area (Å²) in [6.45, 7) is 5.15. The highest BCUT2D eigenvalue weighted by Crippen LogP contribution is 2.27. The van der Waals surface area contributed by atoms with E-state index >= 15 is 0 Å². The molecule has 2 N–H and O–H groups in total. The van der Waals surface area contributed by atoms with Gasteiger partial charge in [0.05, 0.1) is 24.4 Å². The highest BCUT2D eigenvalue weighted by Gasteiger charge is 2.28. The number of aliphatic hydroxyl groups is 1. The lowest BCUT2D eigenvalue weighted by Crippen LogP contribution is -2.40. The topological polar surface area (TPSA) is 78.5 Å². The van der Waals surface area contributed by atoms with Crippen molar-refractivity contribution in [3.8, 4) is 5.88 Å². The van der Waals surface area contributed by atoms with Crippen molar-refractivity contribution in [2.45, 2.75) is 38.7 Å². The SMILES string of the molecule is COc1cc2cc(C(=O)N3CCC(CC(C)(C)O)CC3)[nH]c2cn1. The Labute approximate surface area is 141 Å². The lowest BCUT2D eigenvalue weighted by atomic mass is 9.86. The molecule has 0 radical (unpaired) electrons. The molecule has 0 aliphatic carbocycles. The van der Waals surface area contributed by atoms with Crippen molar-refractivity contribution < 1.29 is 14.6 Å². The Kier molecular flexibility index (Phi) is 4.49. The zero-order valence-electron chi connectivity index (χ0n) is 14.5. The lowest BCUT2D eigenvalue weighted by Gasteiger charge is -2.34. The van der Waals surface area contributed by atoms with E-state index in [9.17, 15) is 9.90 Å². The third-order valence-electron chi connectivity index (χ3n) is 4.61. The number of carbonyl (C=O) groups excluding carboxylic acids is 1. The first-order valence-electron chi connectivity index (χ1n) is 8.40. The van der Waals surface area contributed by atoms with Gasteiger partial charge in [0.25, 0.3) is 5.91 Å². The number of hydrogen-bond donors (Lipinski definition) is 2. The van der Waals surface area contributed by atoms with Crippen molar-refractivity contribution >= 4 is 16.8 Å². The number of hydrogen-bond acceptors (Lipinski definition) is 4. The summed E-state index contributed by atoms with van der Waals surface area (Å²) in [7, 11) is 1.57. The van der Waals surface area contributed by atoms with Crippen LogP contribution < -0.4 is 4.74 Å². The van der Waals surface area contributed by atoms with Crippen molar-refractivity contribution in [2.24, 2.45) is 5.92 Å². The fourth-order valence-corrected chi connectivity index (χ4v) is 3.46. The molecule has 6 heteroatoms. The van der Waals surface area contributed by atoms with E-state index in [2.05, 4.69) is 9.97 Å². The number of piperidine rings is 1. The Bertz CT molecular complexity index is 725. The second kappa shape index (κ2) is 6.43. The van der Waals surface area contributed by atoms with Crippen molar-refractivity contribution in [1.29, 1.82) is 0 Å². The molecule has 0 unspecified atom stereocenters. The standard InChI is InChI=1S/C18H25N3O3/c1-18(2,23)10-12-4-6-21(7-5-12)17(22)14-8-13-9-16(24-3)19-11-15(13)20-14/h8-9,11-12,20,23H,4-7,10H2,1-3H3. The number of pyridine rings is 1. The summed E-state index contributed by atoms with van der Waals surface area (Å²) in [6.07, 6.45) is 4.34. The van der Waals surface area contributed by atoms with Crippen LogP contribution in [-0.2, 0) is 0 Å². The molecule has 1 aliphatic rings. The van der Waals surface area contributed by atoms with Crippen LogP contribution in [0.4, 0.5) is 0 Å². The van der Waals surface area contributed by atoms with E-state index in [1.807, 2.05) is 30.9 Å². The molecular formula is C18H25N3O3. The van der Waals surface area contributed by atoms with Crippen molar-refractivity contribution in [2.75, 3.05) is 20.2 Å². The molecule has 24 heavy (non-hydrogen) atoms. The molecule has 3 rings (SSSR count). The van der Waals surface area contributed by atoms with Crippen LogP contribution in [0.5, 0.6) is 5.88 Å². The number of carbonyl (C=O) groups is 1. The second-order valence-electron chi connectivity index (χ2n) is 7.25. The maximum Gasteiger partial charge on any atom is 0.270 e. The molecular weight excluding hydrogens is 306 g/mol. The Morgan fingerprint density at radius 2 is 2.12 bits per heavy atom. The Morgan fingerprint density at radius 1 is 1.42 bits per heavy atom. The highest BCUT2D eigenvalue weighted by atomic mass is 16.5. The first kappa shape index (κ1) is 16.8. The first-order chi connectivity index (χ1) is 11.4. The molecule has 0 saturated carbocycles. The highest BCUT2D eigenvalue weighted by molar-refractivity contribution is 5.98. The number of likely N-dealkylation sites (tertiary alicyclic amines) is 1. The molecule has 2 aromatic rings. The Hall–Kier alpha value is -2.08. The van der Waals surface area contributed by atoms with E-state index in [0.29, 0.717) is 17.5 Å². The van der Waals surface area contributed by atoms with Crippen LogP contribution >= 0.6 is 0 Å². The average molecular weight is 331 g/mol. The number of methoxy groups -OCH3 is 1. The van der Waals surface area contributed by atoms with Gasteiger partial charge in [-0.15, -0.1) is 0 Å². The number of amides is 1. The van der Waals surface area contributed by atoms with Gasteiger partial charge < -0.3 is 19.7 Å². The fourth-order valence-electron chi connectivity index (χ4n) is 3.46. The van der Waals surface area contributed by atoms with Gasteiger partial charge in [0.1, 0.15) is 5.69 Å². The number of nitrogens with one attached hydrogen (secondary N) is 1. The number of H-pyrrole nitrogens is 1. The van der Waals surface area contributed by atoms with Crippen molar-refractivity contribution in [1.82, 2.24) is 14.9 Å². The summed E-state index contributed by atoms with van der Waals surface area (Å²) in [5.74, 6) is 1.03. The molecule has 6 nitrogen and oxygen atoms in total. The van der Waals surface area contributed by atoms with Crippen LogP contribution in [0.15, 0.2) is 18.3 Å². The van der Waals surface area contributed by atoms with E-state index < -0.39 is 5.60 Å². The molecule has 0 spiro atoms. The molecule has 0 bridgehead atoms. The predicted octanol–water partition coefficient (Wildman–Crippen LogP) is 2.58. The number of fused-ring (bicyclic) bond motifs is 1. The van der Waals surface area contributed by atoms with Gasteiger partial charge in [0.2, 0.25) is 5.88 Å². The maximum absolute atomic E-state index is 12.7. The van der Waals surface area contributed by atoms with Crippen LogP contribution in [-0.4, -0.2) is 51.7 Å². The molecule has 1 saturated heterocycles. The minimum absolute atomic E-state index is 0.0203. The molecule has 3 heterocycles. The van der Waals surface area contributed by atoms with Crippen LogP contribution in [0.25, 0.3) is 10.9 Å². The third kappa shape index (κ3) is 3.70. The van der Waals surface area contributed by atoms with Crippen LogP contribution in [0, 0.1) is 5.92 Å². The number of nitrogens with zero attached hydrogens (tertiary/aromatic N) is 2. The monoisotopic (exact) mass is 331 g/mol. The van der Waals surface area contributed by atoms with Gasteiger partial charge in [-0.1, -0.05) is 0 Å². The molecule has 0 atom stereocenters. The zero-order chi connectivity index (χ0) is 17.3.